The molecule has 1 amide bonds. The Kier molecular flexibility index (Phi) is 4.36. The van der Waals surface area contributed by atoms with Crippen LogP contribution in [0.5, 0.6) is 5.88 Å². The third-order valence-electron chi connectivity index (χ3n) is 5.23. The zero-order valence-corrected chi connectivity index (χ0v) is 16.6. The van der Waals surface area contributed by atoms with E-state index in [1.807, 2.05) is 12.1 Å². The molecule has 1 fully saturated rings. The van der Waals surface area contributed by atoms with Crippen LogP contribution in [0.15, 0.2) is 45.6 Å². The number of furan rings is 2. The van der Waals surface area contributed by atoms with Crippen molar-refractivity contribution in [2.45, 2.75) is 13.0 Å². The number of piperazine rings is 1. The van der Waals surface area contributed by atoms with Crippen molar-refractivity contribution >= 4 is 22.2 Å². The van der Waals surface area contributed by atoms with Crippen molar-refractivity contribution in [1.29, 1.82) is 0 Å². The Hall–Kier alpha value is -3.11. The van der Waals surface area contributed by atoms with Gasteiger partial charge in [-0.05, 0) is 31.2 Å². The van der Waals surface area contributed by atoms with Gasteiger partial charge in [0.2, 0.25) is 10.8 Å². The number of aryl methyl sites for hydroxylation is 1. The van der Waals surface area contributed by atoms with E-state index in [0.717, 1.165) is 10.6 Å². The second-order valence-corrected chi connectivity index (χ2v) is 8.03. The maximum absolute atomic E-state index is 12.6. The summed E-state index contributed by atoms with van der Waals surface area (Å²) in [6.45, 7) is 4.40. The predicted octanol–water partition coefficient (Wildman–Crippen LogP) is 1.12. The lowest BCUT2D eigenvalue weighted by molar-refractivity contribution is -0.930. The lowest BCUT2D eigenvalue weighted by atomic mass is 10.1. The molecule has 0 unspecified atom stereocenters. The molecule has 2 N–H and O–H groups in total. The van der Waals surface area contributed by atoms with Crippen molar-refractivity contribution in [3.05, 3.63) is 59.0 Å². The summed E-state index contributed by atoms with van der Waals surface area (Å²) in [5.41, 5.74) is 0. The third kappa shape index (κ3) is 3.10. The maximum Gasteiger partial charge on any atom is 0.289 e. The standard InChI is InChI=1S/C19H19N5O4S/c1-12-20-19-24(21-12)18(26)16(29-19)15(13-4-2-10-27-13)22-6-8-23(9-7-22)17(25)14-5-3-11-28-14/h2-5,10-11,15,26H,6-9H2,1H3/p+1/t15-/m0/s1. The first-order chi connectivity index (χ1) is 14.1. The summed E-state index contributed by atoms with van der Waals surface area (Å²) in [5, 5.41) is 15.1. The molecule has 0 saturated carbocycles. The van der Waals surface area contributed by atoms with Gasteiger partial charge in [-0.2, -0.15) is 4.52 Å². The second kappa shape index (κ2) is 7.05. The minimum atomic E-state index is -0.195. The first-order valence-electron chi connectivity index (χ1n) is 9.37. The van der Waals surface area contributed by atoms with Crippen molar-refractivity contribution in [2.75, 3.05) is 26.2 Å². The number of amides is 1. The van der Waals surface area contributed by atoms with Gasteiger partial charge in [-0.1, -0.05) is 11.3 Å². The Bertz CT molecular complexity index is 1120. The summed E-state index contributed by atoms with van der Waals surface area (Å²) >= 11 is 1.41. The molecule has 10 heteroatoms. The van der Waals surface area contributed by atoms with Crippen molar-refractivity contribution in [1.82, 2.24) is 19.5 Å². The van der Waals surface area contributed by atoms with Crippen LogP contribution in [0.1, 0.15) is 33.1 Å². The highest BCUT2D eigenvalue weighted by Crippen LogP contribution is 2.35. The van der Waals surface area contributed by atoms with E-state index in [1.165, 1.54) is 27.0 Å². The van der Waals surface area contributed by atoms with E-state index < -0.39 is 0 Å². The lowest BCUT2D eigenvalue weighted by Crippen LogP contribution is -3.15. The highest BCUT2D eigenvalue weighted by molar-refractivity contribution is 7.17. The smallest absolute Gasteiger partial charge is 0.289 e. The van der Waals surface area contributed by atoms with Gasteiger partial charge < -0.3 is 23.7 Å². The van der Waals surface area contributed by atoms with E-state index >= 15 is 0 Å². The van der Waals surface area contributed by atoms with Crippen LogP contribution in [0.2, 0.25) is 0 Å². The summed E-state index contributed by atoms with van der Waals surface area (Å²) < 4.78 is 12.4. The molecule has 1 aliphatic rings. The van der Waals surface area contributed by atoms with Crippen molar-refractivity contribution in [3.63, 3.8) is 0 Å². The molecule has 1 saturated heterocycles. The molecule has 0 radical (unpaired) electrons. The average Bonchev–Trinajstić information content (AvgIpc) is 3.51. The number of fused-ring (bicyclic) bond motifs is 1. The summed E-state index contributed by atoms with van der Waals surface area (Å²) in [7, 11) is 0. The number of aromatic hydroxyl groups is 1. The molecule has 29 heavy (non-hydrogen) atoms. The summed E-state index contributed by atoms with van der Waals surface area (Å²) in [6, 6.07) is 6.96. The number of hydrogen-bond acceptors (Lipinski definition) is 7. The van der Waals surface area contributed by atoms with Gasteiger partial charge >= 0.3 is 0 Å². The van der Waals surface area contributed by atoms with E-state index in [0.29, 0.717) is 42.7 Å². The Morgan fingerprint density at radius 3 is 2.66 bits per heavy atom. The Balaban J connectivity index is 1.42. The topological polar surface area (TPSA) is 101 Å². The van der Waals surface area contributed by atoms with Crippen LogP contribution in [-0.2, 0) is 0 Å². The molecule has 1 atom stereocenters. The fraction of sp³-hybridized carbons (Fsp3) is 0.316. The van der Waals surface area contributed by atoms with Gasteiger partial charge in [0.1, 0.15) is 10.7 Å². The summed E-state index contributed by atoms with van der Waals surface area (Å²) in [5.74, 6) is 1.73. The van der Waals surface area contributed by atoms with Crippen LogP contribution in [0, 0.1) is 6.92 Å². The van der Waals surface area contributed by atoms with Gasteiger partial charge in [0, 0.05) is 0 Å². The van der Waals surface area contributed by atoms with Gasteiger partial charge in [0.05, 0.1) is 38.7 Å². The van der Waals surface area contributed by atoms with Gasteiger partial charge in [0.15, 0.2) is 17.6 Å². The molecular formula is C19H20N5O4S+. The zero-order valence-electron chi connectivity index (χ0n) is 15.7. The zero-order chi connectivity index (χ0) is 20.0. The fourth-order valence-corrected chi connectivity index (χ4v) is 5.02. The number of aromatic nitrogens is 3. The van der Waals surface area contributed by atoms with Crippen LogP contribution in [0.25, 0.3) is 4.96 Å². The van der Waals surface area contributed by atoms with Crippen molar-refractivity contribution < 1.29 is 23.6 Å². The first-order valence-corrected chi connectivity index (χ1v) is 10.2. The largest absolute Gasteiger partial charge is 0.492 e. The van der Waals surface area contributed by atoms with Crippen LogP contribution in [0.4, 0.5) is 0 Å². The fourth-order valence-electron chi connectivity index (χ4n) is 3.85. The molecule has 0 bridgehead atoms. The Labute approximate surface area is 169 Å². The molecule has 5 rings (SSSR count). The number of nitrogens with zero attached hydrogens (tertiary/aromatic N) is 4. The molecule has 0 aromatic carbocycles. The molecule has 0 aliphatic carbocycles. The predicted molar refractivity (Wildman–Crippen MR) is 103 cm³/mol. The highest BCUT2D eigenvalue weighted by Gasteiger charge is 2.37. The SMILES string of the molecule is Cc1nc2sc([C@H](c3ccco3)[NH+]3CCN(C(=O)c4ccco4)CC3)c(O)n2n1. The maximum atomic E-state index is 12.6. The quantitative estimate of drug-likeness (QED) is 0.519. The van der Waals surface area contributed by atoms with Crippen LogP contribution in [0.3, 0.4) is 0 Å². The average molecular weight is 414 g/mol. The van der Waals surface area contributed by atoms with Crippen molar-refractivity contribution in [2.24, 2.45) is 0 Å². The molecular weight excluding hydrogens is 394 g/mol. The first kappa shape index (κ1) is 18.0. The number of carbonyl (C=O) groups excluding carboxylic acids is 1. The third-order valence-corrected chi connectivity index (χ3v) is 6.31. The summed E-state index contributed by atoms with van der Waals surface area (Å²) in [4.78, 5) is 21.3. The summed E-state index contributed by atoms with van der Waals surface area (Å²) in [6.07, 6.45) is 3.14. The van der Waals surface area contributed by atoms with E-state index in [2.05, 4.69) is 10.1 Å². The molecule has 9 nitrogen and oxygen atoms in total. The molecule has 4 aromatic rings. The van der Waals surface area contributed by atoms with Crippen LogP contribution < -0.4 is 4.90 Å². The Morgan fingerprint density at radius 2 is 2.00 bits per heavy atom. The van der Waals surface area contributed by atoms with Crippen LogP contribution >= 0.6 is 11.3 Å². The number of carbonyl (C=O) groups is 1. The number of hydrogen-bond donors (Lipinski definition) is 2. The molecule has 150 valence electrons. The lowest BCUT2D eigenvalue weighted by Gasteiger charge is -2.35. The monoisotopic (exact) mass is 414 g/mol. The van der Waals surface area contributed by atoms with E-state index in [4.69, 9.17) is 8.83 Å². The minimum absolute atomic E-state index is 0.0913. The minimum Gasteiger partial charge on any atom is -0.492 e. The normalized spacial score (nSPS) is 16.5. The molecule has 4 aromatic heterocycles. The van der Waals surface area contributed by atoms with E-state index in [1.54, 1.807) is 30.2 Å². The number of nitrogens with one attached hydrogen (secondary N) is 1. The van der Waals surface area contributed by atoms with Gasteiger partial charge in [0.25, 0.3) is 5.91 Å². The Morgan fingerprint density at radius 1 is 1.24 bits per heavy atom. The van der Waals surface area contributed by atoms with Gasteiger partial charge in [-0.15, -0.1) is 5.10 Å². The van der Waals surface area contributed by atoms with Gasteiger partial charge in [-0.25, -0.2) is 4.98 Å². The second-order valence-electron chi connectivity index (χ2n) is 7.02. The van der Waals surface area contributed by atoms with E-state index in [9.17, 15) is 9.90 Å². The number of quaternary nitrogens is 1. The van der Waals surface area contributed by atoms with E-state index in [-0.39, 0.29) is 17.8 Å². The van der Waals surface area contributed by atoms with Crippen molar-refractivity contribution in [3.8, 4) is 5.88 Å². The van der Waals surface area contributed by atoms with Gasteiger partial charge in [-0.3, -0.25) is 4.79 Å². The number of thiazole rings is 1. The molecule has 1 aliphatic heterocycles. The molecule has 0 spiro atoms. The number of rotatable bonds is 4. The van der Waals surface area contributed by atoms with Crippen LogP contribution in [-0.4, -0.2) is 56.7 Å². The molecule has 5 heterocycles. The highest BCUT2D eigenvalue weighted by atomic mass is 32.1.